The van der Waals surface area contributed by atoms with E-state index in [4.69, 9.17) is 25.6 Å². The summed E-state index contributed by atoms with van der Waals surface area (Å²) in [6.45, 7) is 3.45. The van der Waals surface area contributed by atoms with Crippen molar-refractivity contribution in [2.75, 3.05) is 26.8 Å². The Morgan fingerprint density at radius 2 is 2.19 bits per heavy atom. The van der Waals surface area contributed by atoms with Crippen LogP contribution in [0.3, 0.4) is 0 Å². The molecule has 26 heavy (non-hydrogen) atoms. The first-order valence-corrected chi connectivity index (χ1v) is 8.94. The second-order valence-corrected chi connectivity index (χ2v) is 6.61. The summed E-state index contributed by atoms with van der Waals surface area (Å²) in [7, 11) is 1.58. The lowest BCUT2D eigenvalue weighted by Crippen LogP contribution is -2.42. The number of halogens is 1. The first-order valence-electron chi connectivity index (χ1n) is 8.57. The Bertz CT molecular complexity index is 734. The van der Waals surface area contributed by atoms with Crippen LogP contribution in [0.15, 0.2) is 28.8 Å². The molecule has 0 spiro atoms. The van der Waals surface area contributed by atoms with E-state index in [1.54, 1.807) is 7.11 Å². The number of benzene rings is 1. The average Bonchev–Trinajstić information content (AvgIpc) is 3.15. The van der Waals surface area contributed by atoms with Crippen LogP contribution in [0.4, 0.5) is 0 Å². The van der Waals surface area contributed by atoms with Crippen LogP contribution >= 0.6 is 11.6 Å². The van der Waals surface area contributed by atoms with Gasteiger partial charge in [-0.05, 0) is 24.6 Å². The number of carbonyl (C=O) groups excluding carboxylic acids is 1. The summed E-state index contributed by atoms with van der Waals surface area (Å²) in [5.41, 5.74) is 1.02. The number of amides is 1. The van der Waals surface area contributed by atoms with E-state index in [0.717, 1.165) is 5.56 Å². The van der Waals surface area contributed by atoms with Gasteiger partial charge in [0.1, 0.15) is 12.2 Å². The minimum absolute atomic E-state index is 0.0480. The van der Waals surface area contributed by atoms with E-state index >= 15 is 0 Å². The second kappa shape index (κ2) is 8.62. The molecule has 7 nitrogen and oxygen atoms in total. The monoisotopic (exact) mass is 379 g/mol. The van der Waals surface area contributed by atoms with Gasteiger partial charge in [-0.3, -0.25) is 4.79 Å². The first-order chi connectivity index (χ1) is 12.6. The number of morpholine rings is 1. The summed E-state index contributed by atoms with van der Waals surface area (Å²) in [5.74, 6) is 0.982. The van der Waals surface area contributed by atoms with Crippen LogP contribution in [0.25, 0.3) is 0 Å². The van der Waals surface area contributed by atoms with Crippen LogP contribution < -0.4 is 0 Å². The summed E-state index contributed by atoms with van der Waals surface area (Å²) in [6.07, 6.45) is 0.354. The van der Waals surface area contributed by atoms with Crippen LogP contribution in [0.1, 0.15) is 42.8 Å². The number of nitrogens with zero attached hydrogens (tertiary/aromatic N) is 3. The highest BCUT2D eigenvalue weighted by Crippen LogP contribution is 2.24. The predicted molar refractivity (Wildman–Crippen MR) is 94.8 cm³/mol. The molecule has 1 aliphatic rings. The summed E-state index contributed by atoms with van der Waals surface area (Å²) in [5, 5.41) is 4.55. The topological polar surface area (TPSA) is 77.7 Å². The Hall–Kier alpha value is -1.96. The van der Waals surface area contributed by atoms with Crippen molar-refractivity contribution in [3.8, 4) is 0 Å². The Morgan fingerprint density at radius 1 is 1.42 bits per heavy atom. The number of carbonyl (C=O) groups is 1. The van der Waals surface area contributed by atoms with Crippen molar-refractivity contribution in [1.29, 1.82) is 0 Å². The van der Waals surface area contributed by atoms with Gasteiger partial charge >= 0.3 is 0 Å². The Labute approximate surface area is 157 Å². The number of ether oxygens (including phenoxy) is 2. The van der Waals surface area contributed by atoms with Gasteiger partial charge in [-0.1, -0.05) is 28.9 Å². The Balaban J connectivity index is 1.54. The van der Waals surface area contributed by atoms with Crippen LogP contribution in [0, 0.1) is 0 Å². The fraction of sp³-hybridized carbons (Fsp3) is 0.500. The molecule has 0 aliphatic carbocycles. The Kier molecular flexibility index (Phi) is 6.24. The highest BCUT2D eigenvalue weighted by Gasteiger charge is 2.25. The van der Waals surface area contributed by atoms with Crippen molar-refractivity contribution in [3.63, 3.8) is 0 Å². The van der Waals surface area contributed by atoms with Crippen molar-refractivity contribution >= 4 is 17.5 Å². The number of rotatable bonds is 6. The molecule has 1 aromatic heterocycles. The molecule has 2 heterocycles. The van der Waals surface area contributed by atoms with Crippen LogP contribution in [0.2, 0.25) is 5.02 Å². The van der Waals surface area contributed by atoms with Gasteiger partial charge in [-0.2, -0.15) is 4.98 Å². The maximum atomic E-state index is 12.5. The van der Waals surface area contributed by atoms with Gasteiger partial charge in [0.2, 0.25) is 11.8 Å². The summed E-state index contributed by atoms with van der Waals surface area (Å²) in [4.78, 5) is 18.6. The lowest BCUT2D eigenvalue weighted by molar-refractivity contribution is -0.139. The predicted octanol–water partition coefficient (Wildman–Crippen LogP) is 2.96. The van der Waals surface area contributed by atoms with Crippen LogP contribution in [0.5, 0.6) is 0 Å². The van der Waals surface area contributed by atoms with Gasteiger partial charge in [0, 0.05) is 31.5 Å². The van der Waals surface area contributed by atoms with Crippen molar-refractivity contribution in [1.82, 2.24) is 15.0 Å². The smallest absolute Gasteiger partial charge is 0.227 e. The average molecular weight is 380 g/mol. The molecule has 3 rings (SSSR count). The van der Waals surface area contributed by atoms with Gasteiger partial charge < -0.3 is 18.9 Å². The molecule has 1 saturated heterocycles. The van der Waals surface area contributed by atoms with Crippen molar-refractivity contribution < 1.29 is 18.8 Å². The number of aryl methyl sites for hydroxylation is 1. The molecular weight excluding hydrogens is 358 g/mol. The van der Waals surface area contributed by atoms with Gasteiger partial charge in [-0.25, -0.2) is 0 Å². The fourth-order valence-electron chi connectivity index (χ4n) is 2.77. The molecule has 2 aromatic rings. The third-order valence-corrected chi connectivity index (χ3v) is 4.67. The normalized spacial score (nSPS) is 18.7. The molecule has 0 saturated carbocycles. The molecule has 1 aliphatic heterocycles. The molecule has 2 atom stereocenters. The molecule has 0 unspecified atom stereocenters. The molecule has 0 N–H and O–H groups in total. The fourth-order valence-corrected chi connectivity index (χ4v) is 2.89. The summed E-state index contributed by atoms with van der Waals surface area (Å²) < 4.78 is 16.1. The zero-order valence-corrected chi connectivity index (χ0v) is 15.6. The van der Waals surface area contributed by atoms with Crippen molar-refractivity contribution in [3.05, 3.63) is 46.6 Å². The minimum atomic E-state index is -0.234. The second-order valence-electron chi connectivity index (χ2n) is 6.17. The van der Waals surface area contributed by atoms with E-state index in [2.05, 4.69) is 10.1 Å². The van der Waals surface area contributed by atoms with E-state index in [9.17, 15) is 4.79 Å². The largest absolute Gasteiger partial charge is 0.374 e. The molecular formula is C18H22ClN3O4. The van der Waals surface area contributed by atoms with Gasteiger partial charge in [0.15, 0.2) is 5.82 Å². The van der Waals surface area contributed by atoms with E-state index in [1.165, 1.54) is 0 Å². The molecule has 0 radical (unpaired) electrons. The lowest BCUT2D eigenvalue weighted by atomic mass is 10.1. The van der Waals surface area contributed by atoms with Crippen LogP contribution in [-0.4, -0.2) is 47.8 Å². The number of hydrogen-bond donors (Lipinski definition) is 0. The molecule has 0 bridgehead atoms. The quantitative estimate of drug-likeness (QED) is 0.767. The van der Waals surface area contributed by atoms with Crippen molar-refractivity contribution in [2.45, 2.75) is 32.0 Å². The zero-order valence-electron chi connectivity index (χ0n) is 14.9. The SMILES string of the molecule is CO[C@H](C)c1noc(CCC(=O)N2CCO[C@H](c3ccc(Cl)cc3)C2)n1. The minimum Gasteiger partial charge on any atom is -0.374 e. The third kappa shape index (κ3) is 4.60. The highest BCUT2D eigenvalue weighted by molar-refractivity contribution is 6.30. The number of hydrogen-bond acceptors (Lipinski definition) is 6. The standard InChI is InChI=1S/C18H22ClN3O4/c1-12(24-2)18-20-16(26-21-18)7-8-17(23)22-9-10-25-15(11-22)13-3-5-14(19)6-4-13/h3-6,12,15H,7-11H2,1-2H3/t12-,15+/m1/s1. The van der Waals surface area contributed by atoms with Gasteiger partial charge in [0.05, 0.1) is 13.2 Å². The van der Waals surface area contributed by atoms with E-state index in [0.29, 0.717) is 49.3 Å². The first kappa shape index (κ1) is 18.8. The van der Waals surface area contributed by atoms with Crippen LogP contribution in [-0.2, 0) is 20.7 Å². The summed E-state index contributed by atoms with van der Waals surface area (Å²) in [6, 6.07) is 7.51. The molecule has 1 amide bonds. The van der Waals surface area contributed by atoms with E-state index < -0.39 is 0 Å². The maximum absolute atomic E-state index is 12.5. The third-order valence-electron chi connectivity index (χ3n) is 4.41. The molecule has 140 valence electrons. The highest BCUT2D eigenvalue weighted by atomic mass is 35.5. The number of aromatic nitrogens is 2. The van der Waals surface area contributed by atoms with Gasteiger partial charge in [0.25, 0.3) is 0 Å². The lowest BCUT2D eigenvalue weighted by Gasteiger charge is -2.33. The van der Waals surface area contributed by atoms with E-state index in [1.807, 2.05) is 36.1 Å². The Morgan fingerprint density at radius 3 is 2.92 bits per heavy atom. The van der Waals surface area contributed by atoms with Gasteiger partial charge in [-0.15, -0.1) is 0 Å². The van der Waals surface area contributed by atoms with E-state index in [-0.39, 0.29) is 18.1 Å². The summed E-state index contributed by atoms with van der Waals surface area (Å²) >= 11 is 5.93. The molecule has 8 heteroatoms. The maximum Gasteiger partial charge on any atom is 0.227 e. The zero-order chi connectivity index (χ0) is 18.5. The van der Waals surface area contributed by atoms with Crippen molar-refractivity contribution in [2.24, 2.45) is 0 Å². The number of methoxy groups -OCH3 is 1. The molecule has 1 fully saturated rings. The molecule has 1 aromatic carbocycles.